The molecule has 0 aliphatic rings. The normalized spacial score (nSPS) is 11.5. The van der Waals surface area contributed by atoms with Gasteiger partial charge >= 0.3 is 5.97 Å². The molecular weight excluding hydrogens is 188 g/mol. The molecule has 0 heterocycles. The number of hydrogen-bond donors (Lipinski definition) is 1. The maximum atomic E-state index is 10.5. The second kappa shape index (κ2) is 5.35. The highest BCUT2D eigenvalue weighted by molar-refractivity contribution is 5.73. The van der Waals surface area contributed by atoms with Crippen LogP contribution < -0.4 is 0 Å². The summed E-state index contributed by atoms with van der Waals surface area (Å²) in [6.45, 7) is 3.99. The van der Waals surface area contributed by atoms with Gasteiger partial charge in [0.1, 0.15) is 0 Å². The average Bonchev–Trinajstić information content (AvgIpc) is 2.21. The van der Waals surface area contributed by atoms with Crippen LogP contribution in [0.5, 0.6) is 0 Å². The number of carbonyl (C=O) groups is 1. The highest BCUT2D eigenvalue weighted by Gasteiger charge is 2.05. The van der Waals surface area contributed by atoms with Gasteiger partial charge in [0.25, 0.3) is 0 Å². The fourth-order valence-corrected chi connectivity index (χ4v) is 1.61. The van der Waals surface area contributed by atoms with Crippen molar-refractivity contribution in [1.29, 1.82) is 0 Å². The van der Waals surface area contributed by atoms with Crippen LogP contribution in [-0.2, 0) is 4.79 Å². The molecule has 0 fully saturated rings. The van der Waals surface area contributed by atoms with E-state index in [0.717, 1.165) is 11.1 Å². The Morgan fingerprint density at radius 3 is 2.53 bits per heavy atom. The molecule has 0 unspecified atom stereocenters. The van der Waals surface area contributed by atoms with Crippen molar-refractivity contribution in [1.82, 2.24) is 0 Å². The molecule has 0 spiro atoms. The molecule has 2 nitrogen and oxygen atoms in total. The van der Waals surface area contributed by atoms with E-state index in [0.29, 0.717) is 6.42 Å². The van der Waals surface area contributed by atoms with E-state index in [2.05, 4.69) is 0 Å². The van der Waals surface area contributed by atoms with Crippen LogP contribution in [0, 0.1) is 6.92 Å². The molecule has 0 aliphatic carbocycles. The largest absolute Gasteiger partial charge is 0.481 e. The van der Waals surface area contributed by atoms with E-state index in [1.807, 2.05) is 44.2 Å². The quantitative estimate of drug-likeness (QED) is 0.817. The van der Waals surface area contributed by atoms with Crippen molar-refractivity contribution in [2.75, 3.05) is 0 Å². The van der Waals surface area contributed by atoms with E-state index in [9.17, 15) is 4.79 Å². The second-order valence-electron chi connectivity index (χ2n) is 3.52. The van der Waals surface area contributed by atoms with Crippen molar-refractivity contribution in [3.05, 3.63) is 41.5 Å². The Labute approximate surface area is 90.3 Å². The first-order chi connectivity index (χ1) is 7.15. The minimum atomic E-state index is -0.747. The maximum Gasteiger partial charge on any atom is 0.303 e. The predicted octanol–water partition coefficient (Wildman–Crippen LogP) is 3.26. The monoisotopic (exact) mass is 204 g/mol. The Morgan fingerprint density at radius 2 is 2.00 bits per heavy atom. The number of carboxylic acids is 1. The van der Waals surface area contributed by atoms with Gasteiger partial charge in [-0.3, -0.25) is 4.79 Å². The van der Waals surface area contributed by atoms with Gasteiger partial charge in [-0.25, -0.2) is 0 Å². The number of rotatable bonds is 4. The van der Waals surface area contributed by atoms with Crippen LogP contribution in [0.2, 0.25) is 0 Å². The molecule has 0 amide bonds. The van der Waals surface area contributed by atoms with Crippen molar-refractivity contribution in [2.45, 2.75) is 26.7 Å². The molecule has 0 aromatic heterocycles. The van der Waals surface area contributed by atoms with E-state index in [1.54, 1.807) is 0 Å². The Hall–Kier alpha value is -1.57. The Morgan fingerprint density at radius 1 is 1.33 bits per heavy atom. The van der Waals surface area contributed by atoms with Gasteiger partial charge in [-0.2, -0.15) is 0 Å². The Balaban J connectivity index is 2.85. The van der Waals surface area contributed by atoms with Crippen molar-refractivity contribution >= 4 is 11.5 Å². The standard InChI is InChI=1S/C13H16O2/c1-3-11(8-9-13(14)15)12-7-5-4-6-10(12)2/h3-7H,8-9H2,1-2H3,(H,14,15)/b11-3-. The van der Waals surface area contributed by atoms with Crippen molar-refractivity contribution < 1.29 is 9.90 Å². The first-order valence-corrected chi connectivity index (χ1v) is 5.08. The fraction of sp³-hybridized carbons (Fsp3) is 0.308. The first kappa shape index (κ1) is 11.5. The van der Waals surface area contributed by atoms with Gasteiger partial charge in [-0.1, -0.05) is 30.3 Å². The van der Waals surface area contributed by atoms with E-state index < -0.39 is 5.97 Å². The number of carboxylic acid groups (broad SMARTS) is 1. The summed E-state index contributed by atoms with van der Waals surface area (Å²) in [6.07, 6.45) is 2.77. The molecular formula is C13H16O2. The molecule has 0 atom stereocenters. The molecule has 0 radical (unpaired) electrons. The number of aliphatic carboxylic acids is 1. The topological polar surface area (TPSA) is 37.3 Å². The predicted molar refractivity (Wildman–Crippen MR) is 61.7 cm³/mol. The number of allylic oxidation sites excluding steroid dienone is 2. The lowest BCUT2D eigenvalue weighted by molar-refractivity contribution is -0.136. The highest BCUT2D eigenvalue weighted by atomic mass is 16.4. The molecule has 0 saturated heterocycles. The summed E-state index contributed by atoms with van der Waals surface area (Å²) in [6, 6.07) is 8.04. The van der Waals surface area contributed by atoms with Gasteiger partial charge in [0.05, 0.1) is 0 Å². The van der Waals surface area contributed by atoms with Gasteiger partial charge in [-0.15, -0.1) is 0 Å². The fourth-order valence-electron chi connectivity index (χ4n) is 1.61. The van der Waals surface area contributed by atoms with Crippen molar-refractivity contribution in [2.24, 2.45) is 0 Å². The number of hydrogen-bond acceptors (Lipinski definition) is 1. The van der Waals surface area contributed by atoms with Crippen LogP contribution >= 0.6 is 0 Å². The van der Waals surface area contributed by atoms with Crippen LogP contribution in [-0.4, -0.2) is 11.1 Å². The summed E-state index contributed by atoms with van der Waals surface area (Å²) in [5.74, 6) is -0.747. The molecule has 2 heteroatoms. The lowest BCUT2D eigenvalue weighted by Gasteiger charge is -2.08. The van der Waals surface area contributed by atoms with Gasteiger partial charge in [0, 0.05) is 6.42 Å². The van der Waals surface area contributed by atoms with E-state index in [4.69, 9.17) is 5.11 Å². The zero-order valence-electron chi connectivity index (χ0n) is 9.16. The summed E-state index contributed by atoms with van der Waals surface area (Å²) in [5, 5.41) is 8.65. The Kier molecular flexibility index (Phi) is 4.10. The van der Waals surface area contributed by atoms with E-state index >= 15 is 0 Å². The van der Waals surface area contributed by atoms with Crippen molar-refractivity contribution in [3.63, 3.8) is 0 Å². The first-order valence-electron chi connectivity index (χ1n) is 5.08. The zero-order valence-corrected chi connectivity index (χ0v) is 9.16. The molecule has 1 aromatic carbocycles. The van der Waals surface area contributed by atoms with E-state index in [-0.39, 0.29) is 6.42 Å². The lowest BCUT2D eigenvalue weighted by atomic mass is 9.97. The highest BCUT2D eigenvalue weighted by Crippen LogP contribution is 2.22. The molecule has 15 heavy (non-hydrogen) atoms. The molecule has 0 aliphatic heterocycles. The maximum absolute atomic E-state index is 10.5. The number of aryl methyl sites for hydroxylation is 1. The second-order valence-corrected chi connectivity index (χ2v) is 3.52. The minimum absolute atomic E-state index is 0.188. The van der Waals surface area contributed by atoms with Crippen LogP contribution in [0.4, 0.5) is 0 Å². The molecule has 0 saturated carbocycles. The van der Waals surface area contributed by atoms with E-state index in [1.165, 1.54) is 5.56 Å². The molecule has 1 aromatic rings. The third kappa shape index (κ3) is 3.24. The third-order valence-corrected chi connectivity index (χ3v) is 2.45. The smallest absolute Gasteiger partial charge is 0.303 e. The van der Waals surface area contributed by atoms with Crippen LogP contribution in [0.25, 0.3) is 5.57 Å². The summed E-state index contributed by atoms with van der Waals surface area (Å²) < 4.78 is 0. The third-order valence-electron chi connectivity index (χ3n) is 2.45. The molecule has 80 valence electrons. The van der Waals surface area contributed by atoms with Gasteiger partial charge in [-0.05, 0) is 37.0 Å². The van der Waals surface area contributed by atoms with Crippen LogP contribution in [0.3, 0.4) is 0 Å². The van der Waals surface area contributed by atoms with Crippen molar-refractivity contribution in [3.8, 4) is 0 Å². The molecule has 1 N–H and O–H groups in total. The van der Waals surface area contributed by atoms with Gasteiger partial charge < -0.3 is 5.11 Å². The average molecular weight is 204 g/mol. The molecule has 0 bridgehead atoms. The van der Waals surface area contributed by atoms with Gasteiger partial charge in [0.15, 0.2) is 0 Å². The Bertz CT molecular complexity index is 378. The molecule has 1 rings (SSSR count). The van der Waals surface area contributed by atoms with Crippen LogP contribution in [0.15, 0.2) is 30.3 Å². The summed E-state index contributed by atoms with van der Waals surface area (Å²) in [4.78, 5) is 10.5. The summed E-state index contributed by atoms with van der Waals surface area (Å²) in [5.41, 5.74) is 3.45. The van der Waals surface area contributed by atoms with Crippen LogP contribution in [0.1, 0.15) is 30.9 Å². The number of benzene rings is 1. The lowest BCUT2D eigenvalue weighted by Crippen LogP contribution is -1.96. The minimum Gasteiger partial charge on any atom is -0.481 e. The van der Waals surface area contributed by atoms with Gasteiger partial charge in [0.2, 0.25) is 0 Å². The summed E-state index contributed by atoms with van der Waals surface area (Å²) in [7, 11) is 0. The summed E-state index contributed by atoms with van der Waals surface area (Å²) >= 11 is 0. The zero-order chi connectivity index (χ0) is 11.3. The SMILES string of the molecule is C/C=C(/CCC(=O)O)c1ccccc1C.